The van der Waals surface area contributed by atoms with Gasteiger partial charge in [-0.25, -0.2) is 9.59 Å². The van der Waals surface area contributed by atoms with Crippen molar-refractivity contribution >= 4 is 18.0 Å². The molecule has 0 bridgehead atoms. The van der Waals surface area contributed by atoms with Crippen LogP contribution in [0.1, 0.15) is 43.7 Å². The van der Waals surface area contributed by atoms with E-state index in [-0.39, 0.29) is 38.1 Å². The van der Waals surface area contributed by atoms with Crippen molar-refractivity contribution in [1.82, 2.24) is 10.6 Å². The number of carboxylic acid groups (broad SMARTS) is 1. The molecular formula is C26H30N2O6. The molecule has 2 aromatic rings. The molecule has 4 rings (SSSR count). The summed E-state index contributed by atoms with van der Waals surface area (Å²) in [5.74, 6) is -2.04. The van der Waals surface area contributed by atoms with Gasteiger partial charge in [0.25, 0.3) is 0 Å². The van der Waals surface area contributed by atoms with Crippen molar-refractivity contribution < 1.29 is 29.0 Å². The first-order chi connectivity index (χ1) is 16.4. The van der Waals surface area contributed by atoms with Gasteiger partial charge in [0, 0.05) is 18.9 Å². The highest BCUT2D eigenvalue weighted by Gasteiger charge is 2.45. The van der Waals surface area contributed by atoms with E-state index in [0.29, 0.717) is 6.42 Å². The normalized spacial score (nSPS) is 20.6. The highest BCUT2D eigenvalue weighted by molar-refractivity contribution is 5.91. The Morgan fingerprint density at radius 2 is 1.74 bits per heavy atom. The number of nitrogens with one attached hydrogen (secondary N) is 2. The largest absolute Gasteiger partial charge is 0.479 e. The fraction of sp³-hybridized carbons (Fsp3) is 0.423. The van der Waals surface area contributed by atoms with Gasteiger partial charge in [0.2, 0.25) is 5.91 Å². The van der Waals surface area contributed by atoms with Crippen molar-refractivity contribution in [2.75, 3.05) is 19.8 Å². The average Bonchev–Trinajstić information content (AvgIpc) is 3.44. The van der Waals surface area contributed by atoms with E-state index >= 15 is 0 Å². The molecule has 1 heterocycles. The van der Waals surface area contributed by atoms with Crippen molar-refractivity contribution in [3.05, 3.63) is 59.7 Å². The van der Waals surface area contributed by atoms with Crippen LogP contribution in [0.25, 0.3) is 11.1 Å². The van der Waals surface area contributed by atoms with Gasteiger partial charge >= 0.3 is 12.1 Å². The Morgan fingerprint density at radius 3 is 2.26 bits per heavy atom. The zero-order valence-electron chi connectivity index (χ0n) is 19.4. The Hall–Kier alpha value is -3.39. The number of aliphatic carboxylic acids is 1. The van der Waals surface area contributed by atoms with Crippen LogP contribution in [0.15, 0.2) is 48.5 Å². The topological polar surface area (TPSA) is 114 Å². The summed E-state index contributed by atoms with van der Waals surface area (Å²) in [7, 11) is 0. The number of fused-ring (bicyclic) bond motifs is 3. The summed E-state index contributed by atoms with van der Waals surface area (Å²) in [4.78, 5) is 37.6. The molecule has 0 saturated carbocycles. The summed E-state index contributed by atoms with van der Waals surface area (Å²) < 4.78 is 10.8. The average molecular weight is 467 g/mol. The van der Waals surface area contributed by atoms with Gasteiger partial charge in [-0.2, -0.15) is 0 Å². The van der Waals surface area contributed by atoms with Gasteiger partial charge < -0.3 is 25.2 Å². The second-order valence-electron chi connectivity index (χ2n) is 9.01. The summed E-state index contributed by atoms with van der Waals surface area (Å²) in [5, 5.41) is 14.9. The summed E-state index contributed by atoms with van der Waals surface area (Å²) in [6.07, 6.45) is 0.0687. The number of alkyl carbamates (subject to hydrolysis) is 1. The summed E-state index contributed by atoms with van der Waals surface area (Å²) in [6.45, 7) is 4.00. The maximum absolute atomic E-state index is 13.0. The first kappa shape index (κ1) is 23.8. The molecule has 3 N–H and O–H groups in total. The van der Waals surface area contributed by atoms with E-state index in [1.807, 2.05) is 50.2 Å². The molecule has 0 radical (unpaired) electrons. The number of amides is 2. The first-order valence-electron chi connectivity index (χ1n) is 11.6. The number of ether oxygens (including phenoxy) is 2. The number of hydrogen-bond donors (Lipinski definition) is 3. The summed E-state index contributed by atoms with van der Waals surface area (Å²) >= 11 is 0. The highest BCUT2D eigenvalue weighted by Crippen LogP contribution is 2.44. The zero-order valence-corrected chi connectivity index (χ0v) is 19.4. The monoisotopic (exact) mass is 466 g/mol. The SMILES string of the molecule is CCC(C)C(NC(=O)OCC1c2ccccc2-c2ccccc21)C(=O)NC1(C(=O)O)CCOC1. The lowest BCUT2D eigenvalue weighted by Gasteiger charge is -2.29. The number of benzene rings is 2. The van der Waals surface area contributed by atoms with Crippen LogP contribution < -0.4 is 10.6 Å². The maximum Gasteiger partial charge on any atom is 0.407 e. The molecule has 3 unspecified atom stereocenters. The fourth-order valence-corrected chi connectivity index (χ4v) is 4.67. The van der Waals surface area contributed by atoms with Gasteiger partial charge in [0.15, 0.2) is 5.54 Å². The predicted molar refractivity (Wildman–Crippen MR) is 125 cm³/mol. The van der Waals surface area contributed by atoms with Crippen LogP contribution in [0.2, 0.25) is 0 Å². The standard InChI is InChI=1S/C26H30N2O6/c1-3-16(2)22(23(29)28-26(24(30)31)12-13-33-15-26)27-25(32)34-14-21-19-10-6-4-8-17(19)18-9-5-7-11-20(18)21/h4-11,16,21-22H,3,12-15H2,1-2H3,(H,27,32)(H,28,29)(H,30,31). The molecule has 1 aliphatic heterocycles. The molecule has 1 fully saturated rings. The lowest BCUT2D eigenvalue weighted by molar-refractivity contribution is -0.148. The van der Waals surface area contributed by atoms with E-state index in [0.717, 1.165) is 22.3 Å². The minimum Gasteiger partial charge on any atom is -0.479 e. The van der Waals surface area contributed by atoms with Crippen molar-refractivity contribution in [3.63, 3.8) is 0 Å². The maximum atomic E-state index is 13.0. The fourth-order valence-electron chi connectivity index (χ4n) is 4.67. The van der Waals surface area contributed by atoms with Gasteiger partial charge in [-0.15, -0.1) is 0 Å². The molecule has 1 saturated heterocycles. The molecule has 8 heteroatoms. The Balaban J connectivity index is 1.44. The van der Waals surface area contributed by atoms with Gasteiger partial charge in [0.05, 0.1) is 6.61 Å². The van der Waals surface area contributed by atoms with Crippen LogP contribution in [0.4, 0.5) is 4.79 Å². The minimum absolute atomic E-state index is 0.0973. The molecule has 34 heavy (non-hydrogen) atoms. The van der Waals surface area contributed by atoms with Crippen molar-refractivity contribution in [3.8, 4) is 11.1 Å². The van der Waals surface area contributed by atoms with Crippen LogP contribution in [0, 0.1) is 5.92 Å². The number of carboxylic acids is 1. The van der Waals surface area contributed by atoms with Gasteiger partial charge in [0.1, 0.15) is 12.6 Å². The summed E-state index contributed by atoms with van der Waals surface area (Å²) in [5.41, 5.74) is 2.96. The zero-order chi connectivity index (χ0) is 24.3. The second kappa shape index (κ2) is 9.85. The number of carbonyl (C=O) groups excluding carboxylic acids is 2. The second-order valence-corrected chi connectivity index (χ2v) is 9.01. The Kier molecular flexibility index (Phi) is 6.88. The van der Waals surface area contributed by atoms with Gasteiger partial charge in [-0.05, 0) is 28.2 Å². The number of hydrogen-bond acceptors (Lipinski definition) is 5. The molecular weight excluding hydrogens is 436 g/mol. The van der Waals surface area contributed by atoms with Crippen LogP contribution in [-0.4, -0.2) is 54.5 Å². The van der Waals surface area contributed by atoms with Gasteiger partial charge in [-0.1, -0.05) is 68.8 Å². The van der Waals surface area contributed by atoms with E-state index in [1.54, 1.807) is 0 Å². The lowest BCUT2D eigenvalue weighted by atomic mass is 9.94. The van der Waals surface area contributed by atoms with Gasteiger partial charge in [-0.3, -0.25) is 4.79 Å². The number of carbonyl (C=O) groups is 3. The predicted octanol–water partition coefficient (Wildman–Crippen LogP) is 3.30. The molecule has 8 nitrogen and oxygen atoms in total. The molecule has 0 aromatic heterocycles. The molecule has 2 aromatic carbocycles. The van der Waals surface area contributed by atoms with E-state index in [9.17, 15) is 19.5 Å². The number of rotatable bonds is 8. The van der Waals surface area contributed by atoms with E-state index in [2.05, 4.69) is 22.8 Å². The van der Waals surface area contributed by atoms with Crippen molar-refractivity contribution in [2.24, 2.45) is 5.92 Å². The van der Waals surface area contributed by atoms with E-state index in [1.165, 1.54) is 0 Å². The molecule has 3 atom stereocenters. The highest BCUT2D eigenvalue weighted by atomic mass is 16.5. The minimum atomic E-state index is -1.48. The van der Waals surface area contributed by atoms with Crippen LogP contribution in [0.3, 0.4) is 0 Å². The quantitative estimate of drug-likeness (QED) is 0.550. The van der Waals surface area contributed by atoms with Crippen molar-refractivity contribution in [2.45, 2.75) is 44.2 Å². The molecule has 2 amide bonds. The third-order valence-electron chi connectivity index (χ3n) is 6.91. The third-order valence-corrected chi connectivity index (χ3v) is 6.91. The molecule has 180 valence electrons. The summed E-state index contributed by atoms with van der Waals surface area (Å²) in [6, 6.07) is 15.2. The Bertz CT molecular complexity index is 1030. The smallest absolute Gasteiger partial charge is 0.407 e. The van der Waals surface area contributed by atoms with E-state index < -0.39 is 29.6 Å². The molecule has 2 aliphatic rings. The Labute approximate surface area is 198 Å². The third kappa shape index (κ3) is 4.50. The van der Waals surface area contributed by atoms with E-state index in [4.69, 9.17) is 9.47 Å². The molecule has 1 aliphatic carbocycles. The molecule has 0 spiro atoms. The van der Waals surface area contributed by atoms with Crippen molar-refractivity contribution in [1.29, 1.82) is 0 Å². The van der Waals surface area contributed by atoms with Crippen LogP contribution in [-0.2, 0) is 19.1 Å². The lowest BCUT2D eigenvalue weighted by Crippen LogP contribution is -2.61. The first-order valence-corrected chi connectivity index (χ1v) is 11.6. The Morgan fingerprint density at radius 1 is 1.12 bits per heavy atom. The van der Waals surface area contributed by atoms with Crippen LogP contribution in [0.5, 0.6) is 0 Å². The van der Waals surface area contributed by atoms with Crippen LogP contribution >= 0.6 is 0 Å².